The molecule has 0 radical (unpaired) electrons. The second kappa shape index (κ2) is 6.36. The number of hydrogen-bond acceptors (Lipinski definition) is 4. The van der Waals surface area contributed by atoms with Gasteiger partial charge in [0.1, 0.15) is 5.60 Å². The van der Waals surface area contributed by atoms with Crippen LogP contribution in [0.2, 0.25) is 0 Å². The maximum Gasteiger partial charge on any atom is 0.407 e. The van der Waals surface area contributed by atoms with Gasteiger partial charge in [-0.2, -0.15) is 0 Å². The monoisotopic (exact) mass is 312 g/mol. The van der Waals surface area contributed by atoms with Crippen LogP contribution in [0.1, 0.15) is 54.4 Å². The Morgan fingerprint density at radius 1 is 1.41 bits per heavy atom. The Bertz CT molecular complexity index is 403. The molecule has 2 fully saturated rings. The Morgan fingerprint density at radius 2 is 2.09 bits per heavy atom. The van der Waals surface area contributed by atoms with E-state index in [2.05, 4.69) is 31.4 Å². The molecule has 0 aromatic heterocycles. The minimum Gasteiger partial charge on any atom is -0.444 e. The molecule has 22 heavy (non-hydrogen) atoms. The molecular weight excluding hydrogens is 280 g/mol. The van der Waals surface area contributed by atoms with Crippen molar-refractivity contribution in [1.82, 2.24) is 10.6 Å². The van der Waals surface area contributed by atoms with Crippen LogP contribution in [0.25, 0.3) is 0 Å². The smallest absolute Gasteiger partial charge is 0.407 e. The quantitative estimate of drug-likeness (QED) is 0.819. The van der Waals surface area contributed by atoms with Crippen molar-refractivity contribution in [3.8, 4) is 0 Å². The third kappa shape index (κ3) is 3.74. The van der Waals surface area contributed by atoms with Crippen LogP contribution in [0, 0.1) is 11.3 Å². The van der Waals surface area contributed by atoms with Crippen LogP contribution in [0.3, 0.4) is 0 Å². The minimum absolute atomic E-state index is 0.167. The molecule has 0 aromatic carbocycles. The fourth-order valence-electron chi connectivity index (χ4n) is 3.76. The van der Waals surface area contributed by atoms with E-state index in [-0.39, 0.29) is 17.6 Å². The van der Waals surface area contributed by atoms with E-state index in [1.807, 2.05) is 20.8 Å². The SMILES string of the molecule is CCC(CNC(=O)OC(C)(C)C)NC1C2CCOC2C1(C)C. The lowest BCUT2D eigenvalue weighted by molar-refractivity contribution is -0.115. The molecular formula is C17H32N2O3. The van der Waals surface area contributed by atoms with Crippen molar-refractivity contribution in [1.29, 1.82) is 0 Å². The largest absolute Gasteiger partial charge is 0.444 e. The molecule has 5 heteroatoms. The van der Waals surface area contributed by atoms with E-state index in [0.717, 1.165) is 19.4 Å². The van der Waals surface area contributed by atoms with Gasteiger partial charge in [0.25, 0.3) is 0 Å². The molecule has 1 saturated heterocycles. The van der Waals surface area contributed by atoms with Gasteiger partial charge < -0.3 is 20.1 Å². The number of rotatable bonds is 5. The van der Waals surface area contributed by atoms with Gasteiger partial charge in [-0.25, -0.2) is 4.79 Å². The third-order valence-electron chi connectivity index (χ3n) is 4.90. The third-order valence-corrected chi connectivity index (χ3v) is 4.90. The zero-order valence-corrected chi connectivity index (χ0v) is 14.9. The van der Waals surface area contributed by atoms with Gasteiger partial charge in [0.05, 0.1) is 6.10 Å². The molecule has 2 aliphatic rings. The number of carbonyl (C=O) groups is 1. The predicted molar refractivity (Wildman–Crippen MR) is 86.9 cm³/mol. The topological polar surface area (TPSA) is 59.6 Å². The number of amides is 1. The molecule has 0 aromatic rings. The molecule has 5 nitrogen and oxygen atoms in total. The van der Waals surface area contributed by atoms with Gasteiger partial charge in [-0.1, -0.05) is 20.8 Å². The van der Waals surface area contributed by atoms with Gasteiger partial charge in [0, 0.05) is 36.6 Å². The summed E-state index contributed by atoms with van der Waals surface area (Å²) in [7, 11) is 0. The molecule has 2 rings (SSSR count). The first-order valence-corrected chi connectivity index (χ1v) is 8.49. The summed E-state index contributed by atoms with van der Waals surface area (Å²) in [5.41, 5.74) is -0.288. The average molecular weight is 312 g/mol. The zero-order valence-electron chi connectivity index (χ0n) is 14.9. The lowest BCUT2D eigenvalue weighted by atomic mass is 9.57. The van der Waals surface area contributed by atoms with E-state index in [9.17, 15) is 4.79 Å². The summed E-state index contributed by atoms with van der Waals surface area (Å²) in [6, 6.07) is 0.726. The summed E-state index contributed by atoms with van der Waals surface area (Å²) < 4.78 is 11.1. The molecule has 4 unspecified atom stereocenters. The second-order valence-corrected chi connectivity index (χ2v) is 8.20. The first kappa shape index (κ1) is 17.5. The first-order valence-electron chi connectivity index (χ1n) is 8.49. The van der Waals surface area contributed by atoms with Crippen LogP contribution in [-0.4, -0.2) is 43.0 Å². The Labute approximate surface area is 134 Å². The highest BCUT2D eigenvalue weighted by atomic mass is 16.6. The summed E-state index contributed by atoms with van der Waals surface area (Å²) in [5, 5.41) is 6.61. The summed E-state index contributed by atoms with van der Waals surface area (Å²) >= 11 is 0. The van der Waals surface area contributed by atoms with Crippen LogP contribution in [0.15, 0.2) is 0 Å². The van der Waals surface area contributed by atoms with Gasteiger partial charge in [-0.05, 0) is 33.6 Å². The van der Waals surface area contributed by atoms with E-state index in [1.54, 1.807) is 0 Å². The van der Waals surface area contributed by atoms with Crippen LogP contribution < -0.4 is 10.6 Å². The molecule has 0 bridgehead atoms. The highest BCUT2D eigenvalue weighted by molar-refractivity contribution is 5.67. The van der Waals surface area contributed by atoms with Crippen molar-refractivity contribution >= 4 is 6.09 Å². The standard InChI is InChI=1S/C17H32N2O3/c1-7-11(10-18-15(20)22-16(2,3)4)19-13-12-8-9-21-14(12)17(13,5)6/h11-14,19H,7-10H2,1-6H3,(H,18,20). The maximum atomic E-state index is 11.8. The highest BCUT2D eigenvalue weighted by Gasteiger charge is 2.59. The Kier molecular flexibility index (Phi) is 5.07. The number of nitrogens with one attached hydrogen (secondary N) is 2. The Balaban J connectivity index is 1.81. The fourth-order valence-corrected chi connectivity index (χ4v) is 3.76. The van der Waals surface area contributed by atoms with Crippen molar-refractivity contribution in [2.75, 3.05) is 13.2 Å². The molecule has 1 heterocycles. The van der Waals surface area contributed by atoms with E-state index in [0.29, 0.717) is 24.6 Å². The predicted octanol–water partition coefficient (Wildman–Crippen LogP) is 2.69. The van der Waals surface area contributed by atoms with Crippen molar-refractivity contribution < 1.29 is 14.3 Å². The van der Waals surface area contributed by atoms with Crippen LogP contribution in [0.5, 0.6) is 0 Å². The number of alkyl carbamates (subject to hydrolysis) is 1. The molecule has 2 N–H and O–H groups in total. The minimum atomic E-state index is -0.455. The van der Waals surface area contributed by atoms with E-state index < -0.39 is 5.60 Å². The number of hydrogen-bond donors (Lipinski definition) is 2. The van der Waals surface area contributed by atoms with Crippen molar-refractivity contribution in [3.05, 3.63) is 0 Å². The van der Waals surface area contributed by atoms with Crippen LogP contribution in [-0.2, 0) is 9.47 Å². The lowest BCUT2D eigenvalue weighted by Crippen LogP contribution is -2.68. The molecule has 128 valence electrons. The fraction of sp³-hybridized carbons (Fsp3) is 0.941. The molecule has 1 aliphatic carbocycles. The molecule has 1 aliphatic heterocycles. The van der Waals surface area contributed by atoms with Crippen LogP contribution in [0.4, 0.5) is 4.79 Å². The van der Waals surface area contributed by atoms with Crippen LogP contribution >= 0.6 is 0 Å². The zero-order chi connectivity index (χ0) is 16.5. The molecule has 4 atom stereocenters. The molecule has 0 spiro atoms. The second-order valence-electron chi connectivity index (χ2n) is 8.20. The van der Waals surface area contributed by atoms with Crippen molar-refractivity contribution in [2.24, 2.45) is 11.3 Å². The Morgan fingerprint density at radius 3 is 2.68 bits per heavy atom. The first-order chi connectivity index (χ1) is 10.1. The molecule has 1 saturated carbocycles. The van der Waals surface area contributed by atoms with Crippen molar-refractivity contribution in [2.45, 2.75) is 78.2 Å². The van der Waals surface area contributed by atoms with Gasteiger partial charge in [-0.3, -0.25) is 0 Å². The lowest BCUT2D eigenvalue weighted by Gasteiger charge is -2.55. The average Bonchev–Trinajstić information content (AvgIpc) is 2.83. The van der Waals surface area contributed by atoms with Gasteiger partial charge >= 0.3 is 6.09 Å². The number of fused-ring (bicyclic) bond motifs is 1. The van der Waals surface area contributed by atoms with Gasteiger partial charge in [0.2, 0.25) is 0 Å². The van der Waals surface area contributed by atoms with E-state index in [1.165, 1.54) is 0 Å². The van der Waals surface area contributed by atoms with E-state index >= 15 is 0 Å². The highest BCUT2D eigenvalue weighted by Crippen LogP contribution is 2.52. The van der Waals surface area contributed by atoms with Crippen molar-refractivity contribution in [3.63, 3.8) is 0 Å². The summed E-state index contributed by atoms with van der Waals surface area (Å²) in [5.74, 6) is 0.616. The number of ether oxygens (including phenoxy) is 2. The van der Waals surface area contributed by atoms with Gasteiger partial charge in [-0.15, -0.1) is 0 Å². The van der Waals surface area contributed by atoms with Gasteiger partial charge in [0.15, 0.2) is 0 Å². The normalized spacial score (nSPS) is 31.1. The number of carbonyl (C=O) groups excluding carboxylic acids is 1. The van der Waals surface area contributed by atoms with E-state index in [4.69, 9.17) is 9.47 Å². The summed E-state index contributed by atoms with van der Waals surface area (Å²) in [6.45, 7) is 13.8. The summed E-state index contributed by atoms with van der Waals surface area (Å²) in [4.78, 5) is 11.8. The molecule has 1 amide bonds. The maximum absolute atomic E-state index is 11.8. The Hall–Kier alpha value is -0.810. The summed E-state index contributed by atoms with van der Waals surface area (Å²) in [6.07, 6.45) is 2.16.